The van der Waals surface area contributed by atoms with Crippen LogP contribution in [0.5, 0.6) is 0 Å². The van der Waals surface area contributed by atoms with Crippen LogP contribution in [0.15, 0.2) is 42.5 Å². The quantitative estimate of drug-likeness (QED) is 0.892. The third kappa shape index (κ3) is 3.18. The lowest BCUT2D eigenvalue weighted by Gasteiger charge is -2.22. The molecule has 2 rings (SSSR count). The molecular formula is C13H13ClF3NO. The zero-order chi connectivity index (χ0) is 13.3. The summed E-state index contributed by atoms with van der Waals surface area (Å²) < 4.78 is 37.4. The van der Waals surface area contributed by atoms with E-state index in [2.05, 4.69) is 0 Å². The van der Waals surface area contributed by atoms with Crippen molar-refractivity contribution < 1.29 is 18.3 Å². The lowest BCUT2D eigenvalue weighted by atomic mass is 9.96. The highest BCUT2D eigenvalue weighted by Crippen LogP contribution is 2.31. The van der Waals surface area contributed by atoms with Crippen LogP contribution in [0, 0.1) is 0 Å². The van der Waals surface area contributed by atoms with Crippen molar-refractivity contribution in [2.45, 2.75) is 18.3 Å². The van der Waals surface area contributed by atoms with E-state index >= 15 is 0 Å². The molecule has 0 aliphatic carbocycles. The molecule has 0 fully saturated rings. The van der Waals surface area contributed by atoms with Crippen LogP contribution in [0.1, 0.15) is 11.6 Å². The number of nitrogens with two attached hydrogens (primary N) is 1. The SMILES string of the molecule is Cl.N[C@@H](c1cccc2ccccc12)[C@H](O)C(F)(F)F. The van der Waals surface area contributed by atoms with Crippen molar-refractivity contribution >= 4 is 23.2 Å². The second-order valence-electron chi connectivity index (χ2n) is 4.08. The van der Waals surface area contributed by atoms with Gasteiger partial charge in [0.25, 0.3) is 0 Å². The van der Waals surface area contributed by atoms with Gasteiger partial charge in [-0.3, -0.25) is 0 Å². The maximum Gasteiger partial charge on any atom is 0.416 e. The van der Waals surface area contributed by atoms with Crippen LogP contribution >= 0.6 is 12.4 Å². The average molecular weight is 292 g/mol. The molecular weight excluding hydrogens is 279 g/mol. The molecule has 0 saturated carbocycles. The van der Waals surface area contributed by atoms with E-state index in [1.165, 1.54) is 6.07 Å². The first-order valence-electron chi connectivity index (χ1n) is 5.39. The average Bonchev–Trinajstić information content (AvgIpc) is 2.35. The second kappa shape index (κ2) is 5.77. The Morgan fingerprint density at radius 1 is 1.00 bits per heavy atom. The molecule has 0 radical (unpaired) electrons. The zero-order valence-corrected chi connectivity index (χ0v) is 10.6. The van der Waals surface area contributed by atoms with Gasteiger partial charge in [0.2, 0.25) is 0 Å². The van der Waals surface area contributed by atoms with E-state index < -0.39 is 18.3 Å². The fraction of sp³-hybridized carbons (Fsp3) is 0.231. The molecule has 2 aromatic carbocycles. The minimum Gasteiger partial charge on any atom is -0.382 e. The standard InChI is InChI=1S/C13H12F3NO.ClH/c14-13(15,16)12(18)11(17)10-7-3-5-8-4-1-2-6-9(8)10;/h1-7,11-12,18H,17H2;1H/t11-,12-;/m0./s1. The molecule has 6 heteroatoms. The van der Waals surface area contributed by atoms with Crippen LogP contribution in [-0.2, 0) is 0 Å². The number of hydrogen-bond donors (Lipinski definition) is 2. The first-order valence-corrected chi connectivity index (χ1v) is 5.39. The summed E-state index contributed by atoms with van der Waals surface area (Å²) in [5.41, 5.74) is 5.81. The van der Waals surface area contributed by atoms with Gasteiger partial charge in [0, 0.05) is 0 Å². The number of aliphatic hydroxyl groups excluding tert-OH is 1. The van der Waals surface area contributed by atoms with Crippen LogP contribution in [-0.4, -0.2) is 17.4 Å². The smallest absolute Gasteiger partial charge is 0.382 e. The van der Waals surface area contributed by atoms with Gasteiger partial charge in [-0.1, -0.05) is 42.5 Å². The summed E-state index contributed by atoms with van der Waals surface area (Å²) >= 11 is 0. The Kier molecular flexibility index (Phi) is 4.79. The van der Waals surface area contributed by atoms with Crippen molar-refractivity contribution in [2.75, 3.05) is 0 Å². The topological polar surface area (TPSA) is 46.2 Å². The van der Waals surface area contributed by atoms with Gasteiger partial charge in [-0.25, -0.2) is 0 Å². The maximum absolute atomic E-state index is 12.5. The van der Waals surface area contributed by atoms with Crippen LogP contribution in [0.25, 0.3) is 10.8 Å². The van der Waals surface area contributed by atoms with Gasteiger partial charge in [-0.05, 0) is 16.3 Å². The van der Waals surface area contributed by atoms with Crippen molar-refractivity contribution in [2.24, 2.45) is 5.73 Å². The van der Waals surface area contributed by atoms with Gasteiger partial charge in [0.15, 0.2) is 6.10 Å². The molecule has 2 atom stereocenters. The van der Waals surface area contributed by atoms with Crippen LogP contribution in [0.3, 0.4) is 0 Å². The number of rotatable bonds is 2. The summed E-state index contributed by atoms with van der Waals surface area (Å²) in [6, 6.07) is 10.4. The van der Waals surface area contributed by atoms with E-state index in [1.807, 2.05) is 0 Å². The maximum atomic E-state index is 12.5. The minimum atomic E-state index is -4.73. The first kappa shape index (κ1) is 15.8. The Bertz CT molecular complexity index is 554. The van der Waals surface area contributed by atoms with Gasteiger partial charge in [0.05, 0.1) is 6.04 Å². The fourth-order valence-corrected chi connectivity index (χ4v) is 1.91. The number of alkyl halides is 3. The Morgan fingerprint density at radius 3 is 2.21 bits per heavy atom. The lowest BCUT2D eigenvalue weighted by molar-refractivity contribution is -0.210. The molecule has 0 aliphatic rings. The largest absolute Gasteiger partial charge is 0.416 e. The molecule has 0 aromatic heterocycles. The number of fused-ring (bicyclic) bond motifs is 1. The molecule has 0 heterocycles. The summed E-state index contributed by atoms with van der Waals surface area (Å²) in [4.78, 5) is 0. The molecule has 0 spiro atoms. The van der Waals surface area contributed by atoms with Crippen LogP contribution < -0.4 is 5.73 Å². The first-order chi connectivity index (χ1) is 8.41. The van der Waals surface area contributed by atoms with Gasteiger partial charge < -0.3 is 10.8 Å². The third-order valence-corrected chi connectivity index (χ3v) is 2.86. The number of hydrogen-bond acceptors (Lipinski definition) is 2. The van der Waals surface area contributed by atoms with E-state index in [-0.39, 0.29) is 18.0 Å². The highest BCUT2D eigenvalue weighted by Gasteiger charge is 2.43. The van der Waals surface area contributed by atoms with Crippen molar-refractivity contribution in [1.82, 2.24) is 0 Å². The van der Waals surface area contributed by atoms with E-state index in [9.17, 15) is 18.3 Å². The number of halogens is 4. The molecule has 3 N–H and O–H groups in total. The number of aliphatic hydroxyl groups is 1. The van der Waals surface area contributed by atoms with E-state index in [4.69, 9.17) is 5.73 Å². The summed E-state index contributed by atoms with van der Waals surface area (Å²) in [5.74, 6) is 0. The van der Waals surface area contributed by atoms with E-state index in [1.54, 1.807) is 36.4 Å². The summed E-state index contributed by atoms with van der Waals surface area (Å²) in [7, 11) is 0. The Morgan fingerprint density at radius 2 is 1.58 bits per heavy atom. The van der Waals surface area contributed by atoms with Gasteiger partial charge in [0.1, 0.15) is 0 Å². The minimum absolute atomic E-state index is 0. The molecule has 0 amide bonds. The molecule has 19 heavy (non-hydrogen) atoms. The van der Waals surface area contributed by atoms with Gasteiger partial charge in [-0.15, -0.1) is 12.4 Å². The fourth-order valence-electron chi connectivity index (χ4n) is 1.91. The van der Waals surface area contributed by atoms with Gasteiger partial charge >= 0.3 is 6.18 Å². The van der Waals surface area contributed by atoms with Crippen molar-refractivity contribution in [3.63, 3.8) is 0 Å². The van der Waals surface area contributed by atoms with Crippen molar-refractivity contribution in [3.8, 4) is 0 Å². The summed E-state index contributed by atoms with van der Waals surface area (Å²) in [5, 5.41) is 10.6. The molecule has 2 aromatic rings. The van der Waals surface area contributed by atoms with Crippen LogP contribution in [0.4, 0.5) is 13.2 Å². The molecule has 0 unspecified atom stereocenters. The molecule has 2 nitrogen and oxygen atoms in total. The predicted octanol–water partition coefficient (Wildman–Crippen LogP) is 3.18. The van der Waals surface area contributed by atoms with Crippen molar-refractivity contribution in [1.29, 1.82) is 0 Å². The monoisotopic (exact) mass is 291 g/mol. The molecule has 0 saturated heterocycles. The van der Waals surface area contributed by atoms with Gasteiger partial charge in [-0.2, -0.15) is 13.2 Å². The normalized spacial score (nSPS) is 14.8. The summed E-state index contributed by atoms with van der Waals surface area (Å²) in [6.07, 6.45) is -7.29. The second-order valence-corrected chi connectivity index (χ2v) is 4.08. The predicted molar refractivity (Wildman–Crippen MR) is 70.2 cm³/mol. The third-order valence-electron chi connectivity index (χ3n) is 2.86. The zero-order valence-electron chi connectivity index (χ0n) is 9.76. The number of benzene rings is 2. The Hall–Kier alpha value is -1.30. The summed E-state index contributed by atoms with van der Waals surface area (Å²) in [6.45, 7) is 0. The lowest BCUT2D eigenvalue weighted by Crippen LogP contribution is -2.38. The van der Waals surface area contributed by atoms with E-state index in [0.29, 0.717) is 5.39 Å². The molecule has 104 valence electrons. The van der Waals surface area contributed by atoms with Crippen molar-refractivity contribution in [3.05, 3.63) is 48.0 Å². The molecule has 0 aliphatic heterocycles. The van der Waals surface area contributed by atoms with Crippen LogP contribution in [0.2, 0.25) is 0 Å². The Balaban J connectivity index is 0.00000180. The highest BCUT2D eigenvalue weighted by atomic mass is 35.5. The molecule has 0 bridgehead atoms. The van der Waals surface area contributed by atoms with E-state index in [0.717, 1.165) is 5.39 Å². The highest BCUT2D eigenvalue weighted by molar-refractivity contribution is 5.86. The Labute approximate surface area is 114 Å².